The summed E-state index contributed by atoms with van der Waals surface area (Å²) in [4.78, 5) is 28.9. The maximum absolute atomic E-state index is 12.5. The molecule has 2 aromatic carbocycles. The first-order valence-corrected chi connectivity index (χ1v) is 8.91. The van der Waals surface area contributed by atoms with Crippen molar-refractivity contribution in [2.45, 2.75) is 6.18 Å². The normalized spacial score (nSPS) is 11.1. The molecule has 0 atom stereocenters. The summed E-state index contributed by atoms with van der Waals surface area (Å²) in [6.45, 7) is -0.333. The molecule has 9 heteroatoms. The second-order valence-electron chi connectivity index (χ2n) is 5.70. The number of nitrogens with one attached hydrogen (secondary N) is 2. The van der Waals surface area contributed by atoms with E-state index in [4.69, 9.17) is 0 Å². The minimum absolute atomic E-state index is 0.0291. The molecule has 1 aromatic heterocycles. The second-order valence-corrected chi connectivity index (χ2v) is 6.73. The number of amides is 2. The molecule has 2 amide bonds. The fourth-order valence-electron chi connectivity index (χ4n) is 2.30. The highest BCUT2D eigenvalue weighted by molar-refractivity contribution is 7.19. The van der Waals surface area contributed by atoms with Gasteiger partial charge in [0.2, 0.25) is 5.91 Å². The SMILES string of the molecule is O=C(CNC(=O)c1ccc(C(F)(F)F)cc1)Nc1ncc(-c2ccccc2)s1. The molecular formula is C19H14F3N3O2S. The van der Waals surface area contributed by atoms with Crippen LogP contribution in [0.25, 0.3) is 10.4 Å². The molecule has 0 aliphatic heterocycles. The summed E-state index contributed by atoms with van der Waals surface area (Å²) in [7, 11) is 0. The molecule has 3 rings (SSSR count). The molecule has 0 aliphatic rings. The fourth-order valence-corrected chi connectivity index (χ4v) is 3.14. The smallest absolute Gasteiger partial charge is 0.343 e. The molecule has 0 fully saturated rings. The number of alkyl halides is 3. The van der Waals surface area contributed by atoms with Gasteiger partial charge in [0, 0.05) is 11.8 Å². The van der Waals surface area contributed by atoms with Crippen LogP contribution in [-0.4, -0.2) is 23.3 Å². The lowest BCUT2D eigenvalue weighted by Crippen LogP contribution is -2.32. The van der Waals surface area contributed by atoms with Crippen LogP contribution in [0.3, 0.4) is 0 Å². The van der Waals surface area contributed by atoms with Gasteiger partial charge in [-0.05, 0) is 29.8 Å². The number of nitrogens with zero attached hydrogens (tertiary/aromatic N) is 1. The van der Waals surface area contributed by atoms with E-state index < -0.39 is 23.6 Å². The standard InChI is InChI=1S/C19H14F3N3O2S/c20-19(21,22)14-8-6-13(7-9-14)17(27)23-11-16(26)25-18-24-10-15(28-18)12-4-2-1-3-5-12/h1-10H,11H2,(H,23,27)(H,24,25,26). The first-order chi connectivity index (χ1) is 13.3. The summed E-state index contributed by atoms with van der Waals surface area (Å²) in [5.74, 6) is -1.14. The van der Waals surface area contributed by atoms with Crippen LogP contribution in [0.15, 0.2) is 60.8 Å². The van der Waals surface area contributed by atoms with Crippen molar-refractivity contribution in [3.8, 4) is 10.4 Å². The van der Waals surface area contributed by atoms with Crippen molar-refractivity contribution in [2.75, 3.05) is 11.9 Å². The summed E-state index contributed by atoms with van der Waals surface area (Å²) < 4.78 is 37.6. The zero-order chi connectivity index (χ0) is 20.1. The van der Waals surface area contributed by atoms with Crippen LogP contribution < -0.4 is 10.6 Å². The minimum atomic E-state index is -4.47. The topological polar surface area (TPSA) is 71.1 Å². The number of halogens is 3. The number of carbonyl (C=O) groups is 2. The van der Waals surface area contributed by atoms with Crippen molar-refractivity contribution in [3.05, 3.63) is 71.9 Å². The molecule has 0 unspecified atom stereocenters. The van der Waals surface area contributed by atoms with Gasteiger partial charge in [-0.3, -0.25) is 9.59 Å². The monoisotopic (exact) mass is 405 g/mol. The molecule has 28 heavy (non-hydrogen) atoms. The molecule has 2 N–H and O–H groups in total. The number of hydrogen-bond acceptors (Lipinski definition) is 4. The molecule has 0 radical (unpaired) electrons. The molecule has 0 saturated carbocycles. The van der Waals surface area contributed by atoms with Crippen molar-refractivity contribution in [1.29, 1.82) is 0 Å². The Labute approximate surface area is 162 Å². The predicted molar refractivity (Wildman–Crippen MR) is 100.0 cm³/mol. The Kier molecular flexibility index (Phi) is 5.74. The van der Waals surface area contributed by atoms with E-state index in [1.807, 2.05) is 30.3 Å². The summed E-state index contributed by atoms with van der Waals surface area (Å²) in [6, 6.07) is 13.3. The maximum atomic E-state index is 12.5. The van der Waals surface area contributed by atoms with Crippen LogP contribution >= 0.6 is 11.3 Å². The Bertz CT molecular complexity index is 970. The van der Waals surface area contributed by atoms with E-state index in [1.54, 1.807) is 6.20 Å². The summed E-state index contributed by atoms with van der Waals surface area (Å²) in [6.07, 6.45) is -2.84. The van der Waals surface area contributed by atoms with Crippen molar-refractivity contribution < 1.29 is 22.8 Å². The number of rotatable bonds is 5. The first-order valence-electron chi connectivity index (χ1n) is 8.09. The average molecular weight is 405 g/mol. The molecular weight excluding hydrogens is 391 g/mol. The van der Waals surface area contributed by atoms with Crippen molar-refractivity contribution in [3.63, 3.8) is 0 Å². The molecule has 3 aromatic rings. The second kappa shape index (κ2) is 8.22. The summed E-state index contributed by atoms with van der Waals surface area (Å²) in [5.41, 5.74) is 0.150. The van der Waals surface area contributed by atoms with Crippen molar-refractivity contribution in [1.82, 2.24) is 10.3 Å². The zero-order valence-corrected chi connectivity index (χ0v) is 15.1. The van der Waals surface area contributed by atoms with E-state index in [-0.39, 0.29) is 12.1 Å². The molecule has 0 spiro atoms. The number of carbonyl (C=O) groups excluding carboxylic acids is 2. The Morgan fingerprint density at radius 2 is 1.68 bits per heavy atom. The van der Waals surface area contributed by atoms with Gasteiger partial charge < -0.3 is 10.6 Å². The van der Waals surface area contributed by atoms with Crippen LogP contribution in [0.2, 0.25) is 0 Å². The molecule has 5 nitrogen and oxygen atoms in total. The van der Waals surface area contributed by atoms with Crippen LogP contribution in [0.1, 0.15) is 15.9 Å². The molecule has 1 heterocycles. The Morgan fingerprint density at radius 3 is 2.32 bits per heavy atom. The van der Waals surface area contributed by atoms with Crippen LogP contribution in [0, 0.1) is 0 Å². The van der Waals surface area contributed by atoms with Gasteiger partial charge in [-0.2, -0.15) is 13.2 Å². The predicted octanol–water partition coefficient (Wildman–Crippen LogP) is 4.20. The van der Waals surface area contributed by atoms with E-state index in [9.17, 15) is 22.8 Å². The number of anilines is 1. The van der Waals surface area contributed by atoms with E-state index in [1.165, 1.54) is 11.3 Å². The zero-order valence-electron chi connectivity index (χ0n) is 14.3. The number of hydrogen-bond donors (Lipinski definition) is 2. The third kappa shape index (κ3) is 4.95. The highest BCUT2D eigenvalue weighted by Crippen LogP contribution is 2.29. The van der Waals surface area contributed by atoms with Crippen LogP contribution in [0.5, 0.6) is 0 Å². The minimum Gasteiger partial charge on any atom is -0.343 e. The highest BCUT2D eigenvalue weighted by atomic mass is 32.1. The van der Waals surface area contributed by atoms with Gasteiger partial charge in [-0.1, -0.05) is 41.7 Å². The van der Waals surface area contributed by atoms with Crippen molar-refractivity contribution >= 4 is 28.3 Å². The van der Waals surface area contributed by atoms with Gasteiger partial charge in [0.15, 0.2) is 5.13 Å². The van der Waals surface area contributed by atoms with E-state index in [0.29, 0.717) is 5.13 Å². The van der Waals surface area contributed by atoms with Gasteiger partial charge >= 0.3 is 6.18 Å². The lowest BCUT2D eigenvalue weighted by molar-refractivity contribution is -0.137. The number of aromatic nitrogens is 1. The Balaban J connectivity index is 1.53. The van der Waals surface area contributed by atoms with Crippen molar-refractivity contribution in [2.24, 2.45) is 0 Å². The fraction of sp³-hybridized carbons (Fsp3) is 0.105. The summed E-state index contributed by atoms with van der Waals surface area (Å²) in [5, 5.41) is 5.32. The quantitative estimate of drug-likeness (QED) is 0.669. The van der Waals surface area contributed by atoms with Crippen LogP contribution in [0.4, 0.5) is 18.3 Å². The van der Waals surface area contributed by atoms with Gasteiger partial charge in [0.25, 0.3) is 5.91 Å². The van der Waals surface area contributed by atoms with Gasteiger partial charge in [0.1, 0.15) is 0 Å². The molecule has 0 saturated heterocycles. The Morgan fingerprint density at radius 1 is 1.00 bits per heavy atom. The molecule has 0 aliphatic carbocycles. The lowest BCUT2D eigenvalue weighted by atomic mass is 10.1. The maximum Gasteiger partial charge on any atom is 0.416 e. The first kappa shape index (κ1) is 19.6. The molecule has 0 bridgehead atoms. The van der Waals surface area contributed by atoms with Crippen LogP contribution in [-0.2, 0) is 11.0 Å². The van der Waals surface area contributed by atoms with E-state index in [2.05, 4.69) is 15.6 Å². The number of benzene rings is 2. The van der Waals surface area contributed by atoms with Gasteiger partial charge in [-0.15, -0.1) is 0 Å². The largest absolute Gasteiger partial charge is 0.416 e. The van der Waals surface area contributed by atoms with E-state index >= 15 is 0 Å². The third-order valence-electron chi connectivity index (χ3n) is 3.69. The number of thiazole rings is 1. The highest BCUT2D eigenvalue weighted by Gasteiger charge is 2.30. The average Bonchev–Trinajstić information content (AvgIpc) is 3.14. The lowest BCUT2D eigenvalue weighted by Gasteiger charge is -2.08. The third-order valence-corrected chi connectivity index (χ3v) is 4.66. The van der Waals surface area contributed by atoms with Gasteiger partial charge in [0.05, 0.1) is 17.0 Å². The van der Waals surface area contributed by atoms with E-state index in [0.717, 1.165) is 34.7 Å². The van der Waals surface area contributed by atoms with Gasteiger partial charge in [-0.25, -0.2) is 4.98 Å². The summed E-state index contributed by atoms with van der Waals surface area (Å²) >= 11 is 1.29. The molecule has 144 valence electrons. The Hall–Kier alpha value is -3.20.